The minimum absolute atomic E-state index is 0.0931. The Morgan fingerprint density at radius 1 is 0.972 bits per heavy atom. The molecule has 1 aromatic heterocycles. The second-order valence-corrected chi connectivity index (χ2v) is 8.26. The number of hydrogen-bond donors (Lipinski definition) is 1. The number of hydrogen-bond acceptors (Lipinski definition) is 8. The SMILES string of the molecule is COc1ccc(NC(=O)Cn2c(=O)n(C[C@H]3CCCO3)c(=O)c3cc(OC)c(OC)cc32)c(OC)c1. The van der Waals surface area contributed by atoms with Gasteiger partial charge in [0.1, 0.15) is 18.0 Å². The molecule has 11 nitrogen and oxygen atoms in total. The molecule has 36 heavy (non-hydrogen) atoms. The van der Waals surface area contributed by atoms with Crippen molar-refractivity contribution >= 4 is 22.5 Å². The number of anilines is 1. The Morgan fingerprint density at radius 2 is 1.69 bits per heavy atom. The van der Waals surface area contributed by atoms with Crippen molar-refractivity contribution in [2.75, 3.05) is 40.4 Å². The summed E-state index contributed by atoms with van der Waals surface area (Å²) in [5.74, 6) is 1.14. The van der Waals surface area contributed by atoms with Crippen LogP contribution in [0.25, 0.3) is 10.9 Å². The standard InChI is InChI=1S/C25H29N3O8/c1-32-15-7-8-18(20(10-15)33-2)26-23(29)14-27-19-12-22(35-4)21(34-3)11-17(19)24(30)28(25(27)31)13-16-6-5-9-36-16/h7-8,10-12,16H,5-6,9,13-14H2,1-4H3,(H,26,29)/t16-/m1/s1. The van der Waals surface area contributed by atoms with Crippen molar-refractivity contribution in [3.05, 3.63) is 51.2 Å². The molecule has 1 saturated heterocycles. The van der Waals surface area contributed by atoms with Gasteiger partial charge in [-0.1, -0.05) is 0 Å². The Labute approximate surface area is 207 Å². The molecule has 1 atom stereocenters. The molecule has 0 unspecified atom stereocenters. The molecule has 2 heterocycles. The highest BCUT2D eigenvalue weighted by atomic mass is 16.5. The highest BCUT2D eigenvalue weighted by Gasteiger charge is 2.23. The van der Waals surface area contributed by atoms with Gasteiger partial charge in [0.25, 0.3) is 5.56 Å². The van der Waals surface area contributed by atoms with Crippen LogP contribution in [0, 0.1) is 0 Å². The topological polar surface area (TPSA) is 119 Å². The molecule has 0 radical (unpaired) electrons. The van der Waals surface area contributed by atoms with Crippen LogP contribution in [-0.4, -0.2) is 56.2 Å². The van der Waals surface area contributed by atoms with Gasteiger partial charge in [-0.15, -0.1) is 0 Å². The van der Waals surface area contributed by atoms with Crippen molar-refractivity contribution in [2.45, 2.75) is 32.0 Å². The maximum absolute atomic E-state index is 13.5. The number of carbonyl (C=O) groups excluding carboxylic acids is 1. The first-order chi connectivity index (χ1) is 17.4. The Morgan fingerprint density at radius 3 is 2.33 bits per heavy atom. The van der Waals surface area contributed by atoms with Gasteiger partial charge in [0.2, 0.25) is 5.91 Å². The monoisotopic (exact) mass is 499 g/mol. The van der Waals surface area contributed by atoms with Crippen LogP contribution in [-0.2, 0) is 22.6 Å². The quantitative estimate of drug-likeness (QED) is 0.475. The van der Waals surface area contributed by atoms with Crippen molar-refractivity contribution in [1.29, 1.82) is 0 Å². The first-order valence-electron chi connectivity index (χ1n) is 11.4. The van der Waals surface area contributed by atoms with Gasteiger partial charge < -0.3 is 29.0 Å². The zero-order valence-electron chi connectivity index (χ0n) is 20.7. The molecule has 0 spiro atoms. The average molecular weight is 500 g/mol. The van der Waals surface area contributed by atoms with Crippen LogP contribution >= 0.6 is 0 Å². The zero-order valence-corrected chi connectivity index (χ0v) is 20.7. The minimum Gasteiger partial charge on any atom is -0.497 e. The van der Waals surface area contributed by atoms with E-state index in [4.69, 9.17) is 23.7 Å². The van der Waals surface area contributed by atoms with E-state index in [-0.39, 0.29) is 30.1 Å². The highest BCUT2D eigenvalue weighted by Crippen LogP contribution is 2.31. The molecule has 192 valence electrons. The molecule has 1 amide bonds. The molecule has 0 saturated carbocycles. The zero-order chi connectivity index (χ0) is 25.8. The van der Waals surface area contributed by atoms with Crippen LogP contribution in [0.5, 0.6) is 23.0 Å². The van der Waals surface area contributed by atoms with Gasteiger partial charge in [0.05, 0.1) is 57.7 Å². The van der Waals surface area contributed by atoms with Gasteiger partial charge in [-0.3, -0.25) is 18.7 Å². The number of nitrogens with one attached hydrogen (secondary N) is 1. The predicted octanol–water partition coefficient (Wildman–Crippen LogP) is 2.02. The number of ether oxygens (including phenoxy) is 5. The van der Waals surface area contributed by atoms with Gasteiger partial charge in [-0.2, -0.15) is 0 Å². The number of amides is 1. The van der Waals surface area contributed by atoms with E-state index in [1.54, 1.807) is 18.2 Å². The number of nitrogens with zero attached hydrogens (tertiary/aromatic N) is 2. The average Bonchev–Trinajstić information content (AvgIpc) is 3.41. The van der Waals surface area contributed by atoms with Crippen molar-refractivity contribution < 1.29 is 28.5 Å². The van der Waals surface area contributed by atoms with Gasteiger partial charge in [0.15, 0.2) is 11.5 Å². The minimum atomic E-state index is -0.618. The summed E-state index contributed by atoms with van der Waals surface area (Å²) in [5, 5.41) is 2.99. The summed E-state index contributed by atoms with van der Waals surface area (Å²) in [7, 11) is 5.91. The van der Waals surface area contributed by atoms with E-state index >= 15 is 0 Å². The molecule has 0 bridgehead atoms. The lowest BCUT2D eigenvalue weighted by Crippen LogP contribution is -2.43. The number of methoxy groups -OCH3 is 4. The summed E-state index contributed by atoms with van der Waals surface area (Å²) >= 11 is 0. The van der Waals surface area contributed by atoms with Gasteiger partial charge >= 0.3 is 5.69 Å². The third-order valence-electron chi connectivity index (χ3n) is 6.12. The summed E-state index contributed by atoms with van der Waals surface area (Å²) in [6.07, 6.45) is 1.35. The number of carbonyl (C=O) groups is 1. The van der Waals surface area contributed by atoms with E-state index in [9.17, 15) is 14.4 Å². The molecule has 1 fully saturated rings. The Kier molecular flexibility index (Phi) is 7.49. The summed E-state index contributed by atoms with van der Waals surface area (Å²) in [4.78, 5) is 40.0. The van der Waals surface area contributed by atoms with Gasteiger partial charge in [0, 0.05) is 18.7 Å². The molecule has 1 aliphatic rings. The number of rotatable bonds is 9. The second kappa shape index (κ2) is 10.7. The van der Waals surface area contributed by atoms with Gasteiger partial charge in [-0.25, -0.2) is 4.79 Å². The fourth-order valence-electron chi connectivity index (χ4n) is 4.28. The molecule has 0 aliphatic carbocycles. The van der Waals surface area contributed by atoms with E-state index in [1.807, 2.05) is 0 Å². The van der Waals surface area contributed by atoms with E-state index in [2.05, 4.69) is 5.32 Å². The first-order valence-corrected chi connectivity index (χ1v) is 11.4. The summed E-state index contributed by atoms with van der Waals surface area (Å²) in [5.41, 5.74) is -0.442. The largest absolute Gasteiger partial charge is 0.497 e. The third kappa shape index (κ3) is 4.87. The second-order valence-electron chi connectivity index (χ2n) is 8.26. The fraction of sp³-hybridized carbons (Fsp3) is 0.400. The van der Waals surface area contributed by atoms with Crippen molar-refractivity contribution in [3.8, 4) is 23.0 Å². The normalized spacial score (nSPS) is 15.1. The van der Waals surface area contributed by atoms with E-state index in [0.29, 0.717) is 35.3 Å². The Bertz CT molecular complexity index is 1390. The van der Waals surface area contributed by atoms with Crippen molar-refractivity contribution in [2.24, 2.45) is 0 Å². The lowest BCUT2D eigenvalue weighted by molar-refractivity contribution is -0.116. The molecular weight excluding hydrogens is 470 g/mol. The Hall–Kier alpha value is -3.99. The van der Waals surface area contributed by atoms with Crippen LogP contribution in [0.2, 0.25) is 0 Å². The van der Waals surface area contributed by atoms with Gasteiger partial charge in [-0.05, 0) is 31.0 Å². The highest BCUT2D eigenvalue weighted by molar-refractivity contribution is 5.93. The first kappa shape index (κ1) is 25.1. The molecular formula is C25H29N3O8. The maximum atomic E-state index is 13.5. The van der Waals surface area contributed by atoms with E-state index < -0.39 is 17.2 Å². The molecule has 1 N–H and O–H groups in total. The Balaban J connectivity index is 1.79. The maximum Gasteiger partial charge on any atom is 0.332 e. The fourth-order valence-corrected chi connectivity index (χ4v) is 4.28. The van der Waals surface area contributed by atoms with Crippen LogP contribution in [0.4, 0.5) is 5.69 Å². The van der Waals surface area contributed by atoms with E-state index in [0.717, 1.165) is 17.4 Å². The van der Waals surface area contributed by atoms with Crippen molar-refractivity contribution in [3.63, 3.8) is 0 Å². The number of benzene rings is 2. The summed E-state index contributed by atoms with van der Waals surface area (Å²) < 4.78 is 29.3. The van der Waals surface area contributed by atoms with Crippen LogP contribution in [0.15, 0.2) is 39.9 Å². The predicted molar refractivity (Wildman–Crippen MR) is 133 cm³/mol. The lowest BCUT2D eigenvalue weighted by atomic mass is 10.2. The number of aromatic nitrogens is 2. The van der Waals surface area contributed by atoms with Crippen LogP contribution in [0.3, 0.4) is 0 Å². The van der Waals surface area contributed by atoms with E-state index in [1.165, 1.54) is 45.1 Å². The molecule has 3 aromatic rings. The smallest absolute Gasteiger partial charge is 0.332 e. The van der Waals surface area contributed by atoms with Crippen molar-refractivity contribution in [1.82, 2.24) is 9.13 Å². The number of fused-ring (bicyclic) bond motifs is 1. The van der Waals surface area contributed by atoms with Crippen LogP contribution < -0.4 is 35.5 Å². The van der Waals surface area contributed by atoms with Crippen LogP contribution in [0.1, 0.15) is 12.8 Å². The molecule has 11 heteroatoms. The molecule has 1 aliphatic heterocycles. The third-order valence-corrected chi connectivity index (χ3v) is 6.12. The molecule has 4 rings (SSSR count). The summed E-state index contributed by atoms with van der Waals surface area (Å²) in [6, 6.07) is 7.99. The summed E-state index contributed by atoms with van der Waals surface area (Å²) in [6.45, 7) is 0.319. The molecule has 2 aromatic carbocycles. The lowest BCUT2D eigenvalue weighted by Gasteiger charge is -2.18.